The molecule has 0 aromatic heterocycles. The smallest absolute Gasteiger partial charge is 0.00218 e. The van der Waals surface area contributed by atoms with E-state index in [1.54, 1.807) is 0 Å². The fourth-order valence-electron chi connectivity index (χ4n) is 2.44. The average molecular weight is 286 g/mol. The van der Waals surface area contributed by atoms with Gasteiger partial charge in [0, 0.05) is 0 Å². The lowest BCUT2D eigenvalue weighted by Gasteiger charge is -2.16. The Kier molecular flexibility index (Phi) is 13.8. The van der Waals surface area contributed by atoms with Gasteiger partial charge in [0.05, 0.1) is 0 Å². The predicted molar refractivity (Wildman–Crippen MR) is 91.5 cm³/mol. The van der Waals surface area contributed by atoms with E-state index in [9.17, 15) is 0 Å². The third-order valence-electron chi connectivity index (χ3n) is 3.79. The molecule has 0 aromatic rings. The van der Waals surface area contributed by atoms with Crippen LogP contribution in [0.5, 0.6) is 0 Å². The average Bonchev–Trinajstić information content (AvgIpc) is 2.36. The third-order valence-corrected chi connectivity index (χ3v) is 3.79. The standard InChI is InChI=1S/C17H39N3/c1-18(2)14-10-7-6-8-12-16-20(5)17-13-9-11-15-19(3)4/h6-17H2,1-5H3. The Hall–Kier alpha value is -0.120. The first kappa shape index (κ1) is 19.9. The van der Waals surface area contributed by atoms with Crippen molar-refractivity contribution in [3.05, 3.63) is 0 Å². The van der Waals surface area contributed by atoms with Crippen molar-refractivity contribution >= 4 is 0 Å². The Morgan fingerprint density at radius 3 is 1.10 bits per heavy atom. The largest absolute Gasteiger partial charge is 0.309 e. The number of unbranched alkanes of at least 4 members (excludes halogenated alkanes) is 6. The molecule has 0 amide bonds. The minimum atomic E-state index is 1.23. The van der Waals surface area contributed by atoms with E-state index in [-0.39, 0.29) is 0 Å². The monoisotopic (exact) mass is 285 g/mol. The Balaban J connectivity index is 3.18. The summed E-state index contributed by atoms with van der Waals surface area (Å²) in [6.45, 7) is 5.03. The molecule has 0 saturated carbocycles. The lowest BCUT2D eigenvalue weighted by atomic mass is 10.1. The zero-order valence-electron chi connectivity index (χ0n) is 14.8. The van der Waals surface area contributed by atoms with E-state index in [2.05, 4.69) is 49.9 Å². The summed E-state index contributed by atoms with van der Waals surface area (Å²) in [4.78, 5) is 7.07. The molecule has 0 aromatic carbocycles. The van der Waals surface area contributed by atoms with Crippen LogP contribution < -0.4 is 0 Å². The predicted octanol–water partition coefficient (Wildman–Crippen LogP) is 3.16. The Bertz CT molecular complexity index is 193. The van der Waals surface area contributed by atoms with E-state index in [4.69, 9.17) is 0 Å². The zero-order chi connectivity index (χ0) is 15.2. The zero-order valence-corrected chi connectivity index (χ0v) is 14.8. The molecule has 3 nitrogen and oxygen atoms in total. The SMILES string of the molecule is CN(C)CCCCCCCN(C)CCCCCN(C)C. The van der Waals surface area contributed by atoms with Crippen LogP contribution in [0.4, 0.5) is 0 Å². The molecule has 3 heteroatoms. The summed E-state index contributed by atoms with van der Waals surface area (Å²) in [7, 11) is 10.9. The van der Waals surface area contributed by atoms with Crippen molar-refractivity contribution in [2.45, 2.75) is 51.4 Å². The van der Waals surface area contributed by atoms with Crippen LogP contribution >= 0.6 is 0 Å². The highest BCUT2D eigenvalue weighted by Gasteiger charge is 1.99. The van der Waals surface area contributed by atoms with Crippen molar-refractivity contribution in [3.63, 3.8) is 0 Å². The number of rotatable bonds is 14. The molecule has 0 radical (unpaired) electrons. The van der Waals surface area contributed by atoms with Gasteiger partial charge in [-0.25, -0.2) is 0 Å². The minimum Gasteiger partial charge on any atom is -0.309 e. The minimum absolute atomic E-state index is 1.23. The summed E-state index contributed by atoms with van der Waals surface area (Å²) in [5, 5.41) is 0. The Labute approximate surface area is 128 Å². The first-order valence-electron chi connectivity index (χ1n) is 8.50. The fraction of sp³-hybridized carbons (Fsp3) is 1.00. The molecular weight excluding hydrogens is 246 g/mol. The molecule has 0 aliphatic rings. The summed E-state index contributed by atoms with van der Waals surface area (Å²) < 4.78 is 0. The van der Waals surface area contributed by atoms with Gasteiger partial charge in [0.2, 0.25) is 0 Å². The molecule has 20 heavy (non-hydrogen) atoms. The Morgan fingerprint density at radius 2 is 0.700 bits per heavy atom. The molecular formula is C17H39N3. The maximum atomic E-state index is 2.51. The highest BCUT2D eigenvalue weighted by atomic mass is 15.1. The van der Waals surface area contributed by atoms with Gasteiger partial charge in [-0.1, -0.05) is 25.7 Å². The van der Waals surface area contributed by atoms with Crippen LogP contribution in [0.1, 0.15) is 51.4 Å². The summed E-state index contributed by atoms with van der Waals surface area (Å²) in [5.74, 6) is 0. The third kappa shape index (κ3) is 15.9. The fourth-order valence-corrected chi connectivity index (χ4v) is 2.44. The lowest BCUT2D eigenvalue weighted by molar-refractivity contribution is 0.308. The molecule has 0 aliphatic carbocycles. The van der Waals surface area contributed by atoms with Crippen molar-refractivity contribution in [1.82, 2.24) is 14.7 Å². The molecule has 122 valence electrons. The van der Waals surface area contributed by atoms with Gasteiger partial charge in [-0.05, 0) is 87.1 Å². The maximum Gasteiger partial charge on any atom is -0.00218 e. The van der Waals surface area contributed by atoms with Gasteiger partial charge in [0.15, 0.2) is 0 Å². The van der Waals surface area contributed by atoms with Crippen molar-refractivity contribution in [1.29, 1.82) is 0 Å². The van der Waals surface area contributed by atoms with Crippen molar-refractivity contribution in [2.24, 2.45) is 0 Å². The van der Waals surface area contributed by atoms with Gasteiger partial charge in [-0.2, -0.15) is 0 Å². The molecule has 0 bridgehead atoms. The number of hydrogen-bond acceptors (Lipinski definition) is 3. The molecule has 0 N–H and O–H groups in total. The normalized spacial score (nSPS) is 12.0. The highest BCUT2D eigenvalue weighted by Crippen LogP contribution is 2.05. The van der Waals surface area contributed by atoms with Crippen LogP contribution in [0.2, 0.25) is 0 Å². The van der Waals surface area contributed by atoms with E-state index in [1.165, 1.54) is 77.5 Å². The second kappa shape index (κ2) is 13.8. The van der Waals surface area contributed by atoms with E-state index in [0.717, 1.165) is 0 Å². The molecule has 0 aliphatic heterocycles. The molecule has 0 heterocycles. The second-order valence-electron chi connectivity index (χ2n) is 6.74. The number of hydrogen-bond donors (Lipinski definition) is 0. The summed E-state index contributed by atoms with van der Waals surface area (Å²) in [6.07, 6.45) is 11.0. The molecule has 0 saturated heterocycles. The van der Waals surface area contributed by atoms with Gasteiger partial charge in [-0.3, -0.25) is 0 Å². The summed E-state index contributed by atoms with van der Waals surface area (Å²) >= 11 is 0. The first-order chi connectivity index (χ1) is 9.52. The van der Waals surface area contributed by atoms with Gasteiger partial charge in [0.25, 0.3) is 0 Å². The van der Waals surface area contributed by atoms with E-state index < -0.39 is 0 Å². The second-order valence-corrected chi connectivity index (χ2v) is 6.74. The van der Waals surface area contributed by atoms with E-state index in [0.29, 0.717) is 0 Å². The van der Waals surface area contributed by atoms with E-state index >= 15 is 0 Å². The van der Waals surface area contributed by atoms with Crippen LogP contribution in [0.25, 0.3) is 0 Å². The topological polar surface area (TPSA) is 9.72 Å². The molecule has 0 rings (SSSR count). The van der Waals surface area contributed by atoms with Gasteiger partial charge < -0.3 is 14.7 Å². The molecule has 0 atom stereocenters. The van der Waals surface area contributed by atoms with Crippen LogP contribution in [0, 0.1) is 0 Å². The first-order valence-corrected chi connectivity index (χ1v) is 8.50. The van der Waals surface area contributed by atoms with Crippen molar-refractivity contribution < 1.29 is 0 Å². The highest BCUT2D eigenvalue weighted by molar-refractivity contribution is 4.55. The van der Waals surface area contributed by atoms with Gasteiger partial charge in [0.1, 0.15) is 0 Å². The summed E-state index contributed by atoms with van der Waals surface area (Å²) in [5.41, 5.74) is 0. The molecule has 0 unspecified atom stereocenters. The number of nitrogens with zero attached hydrogens (tertiary/aromatic N) is 3. The van der Waals surface area contributed by atoms with Gasteiger partial charge >= 0.3 is 0 Å². The quantitative estimate of drug-likeness (QED) is 0.454. The maximum absolute atomic E-state index is 2.51. The van der Waals surface area contributed by atoms with Crippen LogP contribution in [-0.4, -0.2) is 76.1 Å². The van der Waals surface area contributed by atoms with Crippen LogP contribution in [0.3, 0.4) is 0 Å². The molecule has 0 spiro atoms. The van der Waals surface area contributed by atoms with Gasteiger partial charge in [-0.15, -0.1) is 0 Å². The summed E-state index contributed by atoms with van der Waals surface area (Å²) in [6, 6.07) is 0. The van der Waals surface area contributed by atoms with Crippen LogP contribution in [-0.2, 0) is 0 Å². The molecule has 0 fully saturated rings. The lowest BCUT2D eigenvalue weighted by Crippen LogP contribution is -2.21. The van der Waals surface area contributed by atoms with Crippen molar-refractivity contribution in [2.75, 3.05) is 61.4 Å². The van der Waals surface area contributed by atoms with Crippen molar-refractivity contribution in [3.8, 4) is 0 Å². The van der Waals surface area contributed by atoms with Crippen LogP contribution in [0.15, 0.2) is 0 Å². The van der Waals surface area contributed by atoms with E-state index in [1.807, 2.05) is 0 Å². The Morgan fingerprint density at radius 1 is 0.400 bits per heavy atom.